The number of para-hydroxylation sites is 1. The van der Waals surface area contributed by atoms with Crippen LogP contribution in [0.1, 0.15) is 72.2 Å². The van der Waals surface area contributed by atoms with Gasteiger partial charge >= 0.3 is 0 Å². The van der Waals surface area contributed by atoms with E-state index in [-0.39, 0.29) is 11.8 Å². The number of benzene rings is 2. The molecule has 138 valence electrons. The average molecular weight is 352 g/mol. The molecule has 0 aliphatic carbocycles. The van der Waals surface area contributed by atoms with Crippen LogP contribution in [-0.4, -0.2) is 18.4 Å². The molecule has 4 heteroatoms. The summed E-state index contributed by atoms with van der Waals surface area (Å²) in [6.07, 6.45) is 3.18. The highest BCUT2D eigenvalue weighted by Crippen LogP contribution is 2.24. The van der Waals surface area contributed by atoms with E-state index in [1.807, 2.05) is 24.3 Å². The maximum absolute atomic E-state index is 12.6. The van der Waals surface area contributed by atoms with Crippen molar-refractivity contribution >= 4 is 17.5 Å². The number of nitrogens with one attached hydrogen (secondary N) is 2. The second kappa shape index (κ2) is 9.76. The summed E-state index contributed by atoms with van der Waals surface area (Å²) in [5.74, 6) is -0.0381. The Morgan fingerprint density at radius 2 is 1.62 bits per heavy atom. The smallest absolute Gasteiger partial charge is 0.255 e. The molecule has 0 bridgehead atoms. The molecule has 0 radical (unpaired) electrons. The van der Waals surface area contributed by atoms with E-state index in [1.54, 1.807) is 24.3 Å². The summed E-state index contributed by atoms with van der Waals surface area (Å²) in [5.41, 5.74) is 2.88. The van der Waals surface area contributed by atoms with E-state index in [4.69, 9.17) is 0 Å². The number of unbranched alkanes of at least 4 members (excludes halogenated alkanes) is 2. The number of anilines is 1. The molecule has 2 rings (SSSR count). The summed E-state index contributed by atoms with van der Waals surface area (Å²) >= 11 is 0. The lowest BCUT2D eigenvalue weighted by Gasteiger charge is -2.14. The van der Waals surface area contributed by atoms with Crippen LogP contribution in [0.2, 0.25) is 0 Å². The highest BCUT2D eigenvalue weighted by atomic mass is 16.2. The van der Waals surface area contributed by atoms with Crippen molar-refractivity contribution in [2.45, 2.75) is 46.0 Å². The van der Waals surface area contributed by atoms with Gasteiger partial charge < -0.3 is 10.6 Å². The van der Waals surface area contributed by atoms with Gasteiger partial charge in [0.25, 0.3) is 11.8 Å². The molecule has 0 spiro atoms. The Hall–Kier alpha value is -2.62. The van der Waals surface area contributed by atoms with Gasteiger partial charge in [0.05, 0.1) is 0 Å². The van der Waals surface area contributed by atoms with Gasteiger partial charge in [-0.25, -0.2) is 0 Å². The largest absolute Gasteiger partial charge is 0.352 e. The topological polar surface area (TPSA) is 58.2 Å². The van der Waals surface area contributed by atoms with Gasteiger partial charge in [-0.15, -0.1) is 0 Å². The van der Waals surface area contributed by atoms with Gasteiger partial charge in [0.2, 0.25) is 0 Å². The number of carbonyl (C=O) groups excluding carboxylic acids is 2. The molecule has 0 aliphatic rings. The predicted octanol–water partition coefficient (Wildman–Crippen LogP) is 4.98. The highest BCUT2D eigenvalue weighted by molar-refractivity contribution is 6.06. The number of hydrogen-bond donors (Lipinski definition) is 2. The third-order valence-corrected chi connectivity index (χ3v) is 4.28. The lowest BCUT2D eigenvalue weighted by atomic mass is 10.0. The van der Waals surface area contributed by atoms with E-state index in [0.717, 1.165) is 30.5 Å². The van der Waals surface area contributed by atoms with Gasteiger partial charge in [-0.2, -0.15) is 0 Å². The van der Waals surface area contributed by atoms with Crippen molar-refractivity contribution in [2.75, 3.05) is 11.9 Å². The third kappa shape index (κ3) is 5.45. The van der Waals surface area contributed by atoms with Crippen molar-refractivity contribution < 1.29 is 9.59 Å². The summed E-state index contributed by atoms with van der Waals surface area (Å²) in [4.78, 5) is 24.9. The number of rotatable bonds is 8. The first-order chi connectivity index (χ1) is 12.5. The lowest BCUT2D eigenvalue weighted by molar-refractivity contribution is 0.0953. The Bertz CT molecular complexity index is 753. The summed E-state index contributed by atoms with van der Waals surface area (Å²) in [5, 5.41) is 5.87. The van der Waals surface area contributed by atoms with Gasteiger partial charge in [0.15, 0.2) is 0 Å². The zero-order valence-electron chi connectivity index (χ0n) is 15.8. The van der Waals surface area contributed by atoms with Gasteiger partial charge in [0.1, 0.15) is 0 Å². The SMILES string of the molecule is CCCCCNC(=O)c1cccc(C(=O)Nc2ccccc2C(C)C)c1. The minimum Gasteiger partial charge on any atom is -0.352 e. The summed E-state index contributed by atoms with van der Waals surface area (Å²) in [7, 11) is 0. The number of hydrogen-bond acceptors (Lipinski definition) is 2. The maximum atomic E-state index is 12.6. The van der Waals surface area contributed by atoms with E-state index in [0.29, 0.717) is 23.6 Å². The van der Waals surface area contributed by atoms with Crippen molar-refractivity contribution in [1.82, 2.24) is 5.32 Å². The Kier molecular flexibility index (Phi) is 7.39. The normalized spacial score (nSPS) is 10.6. The van der Waals surface area contributed by atoms with Crippen molar-refractivity contribution in [3.8, 4) is 0 Å². The Labute approximate surface area is 156 Å². The molecule has 0 heterocycles. The predicted molar refractivity (Wildman–Crippen MR) is 107 cm³/mol. The third-order valence-electron chi connectivity index (χ3n) is 4.28. The van der Waals surface area contributed by atoms with Crippen molar-refractivity contribution in [2.24, 2.45) is 0 Å². The molecule has 0 fully saturated rings. The second-order valence-corrected chi connectivity index (χ2v) is 6.74. The molecule has 26 heavy (non-hydrogen) atoms. The molecule has 2 amide bonds. The molecule has 2 aromatic rings. The van der Waals surface area contributed by atoms with E-state index in [1.165, 1.54) is 0 Å². The summed E-state index contributed by atoms with van der Waals surface area (Å²) < 4.78 is 0. The monoisotopic (exact) mass is 352 g/mol. The van der Waals surface area contributed by atoms with Crippen LogP contribution >= 0.6 is 0 Å². The standard InChI is InChI=1S/C22H28N2O2/c1-4-5-8-14-23-21(25)17-10-9-11-18(15-17)22(26)24-20-13-7-6-12-19(20)16(2)3/h6-7,9-13,15-16H,4-5,8,14H2,1-3H3,(H,23,25)(H,24,26). The second-order valence-electron chi connectivity index (χ2n) is 6.74. The molecular weight excluding hydrogens is 324 g/mol. The Morgan fingerprint density at radius 1 is 0.923 bits per heavy atom. The molecular formula is C22H28N2O2. The van der Waals surface area contributed by atoms with E-state index < -0.39 is 0 Å². The van der Waals surface area contributed by atoms with Crippen LogP contribution in [0, 0.1) is 0 Å². The summed E-state index contributed by atoms with van der Waals surface area (Å²) in [6.45, 7) is 6.97. The lowest BCUT2D eigenvalue weighted by Crippen LogP contribution is -2.25. The molecule has 0 aromatic heterocycles. The van der Waals surface area contributed by atoms with E-state index in [2.05, 4.69) is 31.4 Å². The Balaban J connectivity index is 2.07. The number of carbonyl (C=O) groups is 2. The molecule has 0 saturated carbocycles. The van der Waals surface area contributed by atoms with Crippen molar-refractivity contribution in [1.29, 1.82) is 0 Å². The quantitative estimate of drug-likeness (QED) is 0.658. The molecule has 0 unspecified atom stereocenters. The van der Waals surface area contributed by atoms with Crippen LogP contribution in [0.25, 0.3) is 0 Å². The highest BCUT2D eigenvalue weighted by Gasteiger charge is 2.13. The van der Waals surface area contributed by atoms with E-state index >= 15 is 0 Å². The van der Waals surface area contributed by atoms with Crippen LogP contribution in [0.5, 0.6) is 0 Å². The molecule has 4 nitrogen and oxygen atoms in total. The van der Waals surface area contributed by atoms with Gasteiger partial charge in [-0.05, 0) is 42.2 Å². The first-order valence-corrected chi connectivity index (χ1v) is 9.31. The van der Waals surface area contributed by atoms with Gasteiger partial charge in [-0.3, -0.25) is 9.59 Å². The fourth-order valence-electron chi connectivity index (χ4n) is 2.79. The zero-order valence-corrected chi connectivity index (χ0v) is 15.8. The Morgan fingerprint density at radius 3 is 2.31 bits per heavy atom. The first-order valence-electron chi connectivity index (χ1n) is 9.31. The van der Waals surface area contributed by atoms with Crippen LogP contribution in [0.15, 0.2) is 48.5 Å². The summed E-state index contributed by atoms with van der Waals surface area (Å²) in [6, 6.07) is 14.6. The molecule has 0 aliphatic heterocycles. The minimum atomic E-state index is -0.210. The maximum Gasteiger partial charge on any atom is 0.255 e. The zero-order chi connectivity index (χ0) is 18.9. The average Bonchev–Trinajstić information content (AvgIpc) is 2.65. The fraction of sp³-hybridized carbons (Fsp3) is 0.364. The van der Waals surface area contributed by atoms with Crippen LogP contribution < -0.4 is 10.6 Å². The minimum absolute atomic E-state index is 0.140. The molecule has 2 aromatic carbocycles. The first kappa shape index (κ1) is 19.7. The fourth-order valence-corrected chi connectivity index (χ4v) is 2.79. The number of amides is 2. The van der Waals surface area contributed by atoms with Gasteiger partial charge in [0, 0.05) is 23.4 Å². The van der Waals surface area contributed by atoms with Crippen LogP contribution in [-0.2, 0) is 0 Å². The van der Waals surface area contributed by atoms with Crippen LogP contribution in [0.3, 0.4) is 0 Å². The van der Waals surface area contributed by atoms with Crippen molar-refractivity contribution in [3.05, 3.63) is 65.2 Å². The molecule has 2 N–H and O–H groups in total. The van der Waals surface area contributed by atoms with Crippen LogP contribution in [0.4, 0.5) is 5.69 Å². The molecule has 0 saturated heterocycles. The van der Waals surface area contributed by atoms with Crippen molar-refractivity contribution in [3.63, 3.8) is 0 Å². The van der Waals surface area contributed by atoms with Gasteiger partial charge in [-0.1, -0.05) is 57.9 Å². The molecule has 0 atom stereocenters. The van der Waals surface area contributed by atoms with E-state index in [9.17, 15) is 9.59 Å².